The van der Waals surface area contributed by atoms with Crippen LogP contribution < -0.4 is 5.32 Å². The highest BCUT2D eigenvalue weighted by Crippen LogP contribution is 2.39. The van der Waals surface area contributed by atoms with Crippen LogP contribution in [0.4, 0.5) is 5.69 Å². The number of rotatable bonds is 6. The molecule has 1 aromatic heterocycles. The lowest BCUT2D eigenvalue weighted by molar-refractivity contribution is -0.119. The van der Waals surface area contributed by atoms with Gasteiger partial charge in [-0.15, -0.1) is 0 Å². The van der Waals surface area contributed by atoms with E-state index in [0.717, 1.165) is 28.4 Å². The molecule has 0 spiro atoms. The standard InChI is InChI=1S/C28H32ClN3O5S/c1-28(2,3)17-10-13-23-20(14-17)26(19-8-6-7-9-22(19)30-23)27(34)37-16-25(33)31-24-15-18(11-12-21(24)29)38(35,36)32(4)5/h6-9,11-12,15,17H,10,13-14,16H2,1-5H3,(H,31,33)/t17-/m1/s1. The molecule has 0 aliphatic heterocycles. The summed E-state index contributed by atoms with van der Waals surface area (Å²) in [5.41, 5.74) is 3.11. The lowest BCUT2D eigenvalue weighted by Gasteiger charge is -2.35. The monoisotopic (exact) mass is 557 g/mol. The van der Waals surface area contributed by atoms with Crippen LogP contribution in [0.5, 0.6) is 0 Å². The van der Waals surface area contributed by atoms with Gasteiger partial charge in [0.15, 0.2) is 6.61 Å². The molecule has 4 rings (SSSR count). The topological polar surface area (TPSA) is 106 Å². The summed E-state index contributed by atoms with van der Waals surface area (Å²) in [6.45, 7) is 6.03. The van der Waals surface area contributed by atoms with Gasteiger partial charge in [0.1, 0.15) is 0 Å². The third-order valence-electron chi connectivity index (χ3n) is 7.01. The fourth-order valence-corrected chi connectivity index (χ4v) is 5.81. The summed E-state index contributed by atoms with van der Waals surface area (Å²) in [5, 5.41) is 3.40. The fraction of sp³-hybridized carbons (Fsp3) is 0.393. The summed E-state index contributed by atoms with van der Waals surface area (Å²) >= 11 is 6.19. The number of ether oxygens (including phenoxy) is 1. The number of carbonyl (C=O) groups is 2. The minimum Gasteiger partial charge on any atom is -0.452 e. The molecule has 0 unspecified atom stereocenters. The van der Waals surface area contributed by atoms with Crippen LogP contribution in [0.25, 0.3) is 10.9 Å². The first-order chi connectivity index (χ1) is 17.8. The number of benzene rings is 2. The van der Waals surface area contributed by atoms with Crippen molar-refractivity contribution in [3.8, 4) is 0 Å². The third kappa shape index (κ3) is 5.70. The van der Waals surface area contributed by atoms with E-state index in [1.807, 2.05) is 24.3 Å². The van der Waals surface area contributed by atoms with Crippen LogP contribution >= 0.6 is 11.6 Å². The minimum absolute atomic E-state index is 0.0255. The van der Waals surface area contributed by atoms with Gasteiger partial charge in [-0.1, -0.05) is 50.6 Å². The van der Waals surface area contributed by atoms with Crippen LogP contribution in [0.3, 0.4) is 0 Å². The first kappa shape index (κ1) is 28.0. The fourth-order valence-electron chi connectivity index (χ4n) is 4.72. The number of nitrogens with one attached hydrogen (secondary N) is 1. The van der Waals surface area contributed by atoms with Gasteiger partial charge in [-0.2, -0.15) is 0 Å². The first-order valence-electron chi connectivity index (χ1n) is 12.4. The van der Waals surface area contributed by atoms with Crippen molar-refractivity contribution in [2.75, 3.05) is 26.0 Å². The minimum atomic E-state index is -3.73. The Kier molecular flexibility index (Phi) is 7.84. The number of amides is 1. The number of hydrogen-bond acceptors (Lipinski definition) is 6. The molecule has 1 amide bonds. The van der Waals surface area contributed by atoms with Gasteiger partial charge in [-0.25, -0.2) is 17.5 Å². The summed E-state index contributed by atoms with van der Waals surface area (Å²) in [7, 11) is -0.907. The summed E-state index contributed by atoms with van der Waals surface area (Å²) < 4.78 is 31.5. The Hall–Kier alpha value is -3.01. The van der Waals surface area contributed by atoms with Crippen LogP contribution in [0.15, 0.2) is 47.4 Å². The van der Waals surface area contributed by atoms with E-state index in [4.69, 9.17) is 21.3 Å². The van der Waals surface area contributed by atoms with E-state index >= 15 is 0 Å². The Morgan fingerprint density at radius 3 is 2.55 bits per heavy atom. The zero-order chi connectivity index (χ0) is 27.8. The number of pyridine rings is 1. The maximum absolute atomic E-state index is 13.4. The van der Waals surface area contributed by atoms with Crippen molar-refractivity contribution < 1.29 is 22.7 Å². The molecule has 0 radical (unpaired) electrons. The maximum Gasteiger partial charge on any atom is 0.339 e. The molecule has 1 N–H and O–H groups in total. The Morgan fingerprint density at radius 1 is 1.16 bits per heavy atom. The summed E-state index contributed by atoms with van der Waals surface area (Å²) in [5.74, 6) is -0.861. The average Bonchev–Trinajstić information content (AvgIpc) is 2.86. The van der Waals surface area contributed by atoms with E-state index in [2.05, 4.69) is 26.1 Å². The zero-order valence-electron chi connectivity index (χ0n) is 22.2. The highest BCUT2D eigenvalue weighted by atomic mass is 35.5. The van der Waals surface area contributed by atoms with E-state index in [0.29, 0.717) is 28.8 Å². The summed E-state index contributed by atoms with van der Waals surface area (Å²) in [6.07, 6.45) is 2.46. The molecule has 202 valence electrons. The van der Waals surface area contributed by atoms with Gasteiger partial charge in [0.2, 0.25) is 10.0 Å². The van der Waals surface area contributed by atoms with Crippen molar-refractivity contribution in [1.29, 1.82) is 0 Å². The van der Waals surface area contributed by atoms with Crippen LogP contribution in [-0.4, -0.2) is 50.3 Å². The van der Waals surface area contributed by atoms with Gasteiger partial charge in [0.05, 0.1) is 26.7 Å². The quantitative estimate of drug-likeness (QED) is 0.423. The number of esters is 1. The second kappa shape index (κ2) is 10.6. The number of fused-ring (bicyclic) bond motifs is 2. The largest absolute Gasteiger partial charge is 0.452 e. The Morgan fingerprint density at radius 2 is 1.87 bits per heavy atom. The van der Waals surface area contributed by atoms with Crippen molar-refractivity contribution >= 4 is 50.1 Å². The van der Waals surface area contributed by atoms with Crippen LogP contribution in [-0.2, 0) is 32.4 Å². The predicted molar refractivity (Wildman–Crippen MR) is 148 cm³/mol. The molecule has 1 atom stereocenters. The van der Waals surface area contributed by atoms with Crippen molar-refractivity contribution in [3.05, 3.63) is 64.3 Å². The molecule has 10 heteroatoms. The lowest BCUT2D eigenvalue weighted by Crippen LogP contribution is -2.29. The third-order valence-corrected chi connectivity index (χ3v) is 9.15. The van der Waals surface area contributed by atoms with Crippen LogP contribution in [0, 0.1) is 11.3 Å². The number of anilines is 1. The molecule has 8 nitrogen and oxygen atoms in total. The number of para-hydroxylation sites is 1. The smallest absolute Gasteiger partial charge is 0.339 e. The van der Waals surface area contributed by atoms with Gasteiger partial charge >= 0.3 is 5.97 Å². The van der Waals surface area contributed by atoms with Crippen molar-refractivity contribution in [3.63, 3.8) is 0 Å². The Bertz CT molecular complexity index is 1510. The van der Waals surface area contributed by atoms with E-state index < -0.39 is 28.5 Å². The van der Waals surface area contributed by atoms with Gasteiger partial charge in [0, 0.05) is 25.2 Å². The maximum atomic E-state index is 13.4. The predicted octanol–water partition coefficient (Wildman–Crippen LogP) is 5.09. The van der Waals surface area contributed by atoms with Crippen molar-refractivity contribution in [2.45, 2.75) is 44.9 Å². The second-order valence-corrected chi connectivity index (χ2v) is 13.3. The molecule has 1 aliphatic carbocycles. The second-order valence-electron chi connectivity index (χ2n) is 10.8. The highest BCUT2D eigenvalue weighted by Gasteiger charge is 2.33. The summed E-state index contributed by atoms with van der Waals surface area (Å²) in [4.78, 5) is 30.9. The van der Waals surface area contributed by atoms with Crippen molar-refractivity contribution in [1.82, 2.24) is 9.29 Å². The molecule has 0 bridgehead atoms. The average molecular weight is 558 g/mol. The molecule has 2 aromatic carbocycles. The molecular formula is C28H32ClN3O5S. The number of halogens is 1. The van der Waals surface area contributed by atoms with Gasteiger partial charge in [-0.3, -0.25) is 9.78 Å². The molecule has 3 aromatic rings. The molecule has 1 heterocycles. The Labute approximate surface area is 228 Å². The summed E-state index contributed by atoms with van der Waals surface area (Å²) in [6, 6.07) is 11.5. The highest BCUT2D eigenvalue weighted by molar-refractivity contribution is 7.89. The van der Waals surface area contributed by atoms with E-state index in [1.165, 1.54) is 32.3 Å². The SMILES string of the molecule is CN(C)S(=O)(=O)c1ccc(Cl)c(NC(=O)COC(=O)c2c3c(nc4ccccc24)CC[C@@H](C(C)(C)C)C3)c1. The number of hydrogen-bond donors (Lipinski definition) is 1. The number of nitrogens with zero attached hydrogens (tertiary/aromatic N) is 2. The van der Waals surface area contributed by atoms with Gasteiger partial charge in [0.25, 0.3) is 5.91 Å². The molecular weight excluding hydrogens is 526 g/mol. The normalized spacial score (nSPS) is 15.8. The first-order valence-corrected chi connectivity index (χ1v) is 14.2. The van der Waals surface area contributed by atoms with Crippen molar-refractivity contribution in [2.24, 2.45) is 11.3 Å². The molecule has 0 saturated carbocycles. The molecule has 0 fully saturated rings. The van der Waals surface area contributed by atoms with E-state index in [1.54, 1.807) is 0 Å². The molecule has 0 saturated heterocycles. The Balaban J connectivity index is 1.57. The zero-order valence-corrected chi connectivity index (χ0v) is 23.7. The number of carbonyl (C=O) groups excluding carboxylic acids is 2. The van der Waals surface area contributed by atoms with Gasteiger partial charge < -0.3 is 10.1 Å². The number of sulfonamides is 1. The van der Waals surface area contributed by atoms with Crippen LogP contribution in [0.1, 0.15) is 48.8 Å². The number of aryl methyl sites for hydroxylation is 1. The van der Waals surface area contributed by atoms with E-state index in [-0.39, 0.29) is 21.0 Å². The van der Waals surface area contributed by atoms with E-state index in [9.17, 15) is 18.0 Å². The van der Waals surface area contributed by atoms with Crippen LogP contribution in [0.2, 0.25) is 5.02 Å². The number of aromatic nitrogens is 1. The van der Waals surface area contributed by atoms with Gasteiger partial charge in [-0.05, 0) is 60.4 Å². The molecule has 38 heavy (non-hydrogen) atoms. The lowest BCUT2D eigenvalue weighted by atomic mass is 9.70. The molecule has 1 aliphatic rings.